The standard InChI is InChI=1S/C14H14N2O2S/c1-10-11(7-8-19-10)9-15-16-14(17)12-5-3-4-6-13(12)18-2/h3-9H,1-2H3,(H,16,17)/b15-9+. The first-order valence-corrected chi connectivity index (χ1v) is 6.61. The molecular formula is C14H14N2O2S. The topological polar surface area (TPSA) is 50.7 Å². The lowest BCUT2D eigenvalue weighted by atomic mass is 10.2. The Morgan fingerprint density at radius 2 is 2.16 bits per heavy atom. The number of aryl methyl sites for hydroxylation is 1. The largest absolute Gasteiger partial charge is 0.496 e. The van der Waals surface area contributed by atoms with Crippen LogP contribution in [-0.2, 0) is 0 Å². The Bertz CT molecular complexity index is 605. The van der Waals surface area contributed by atoms with Gasteiger partial charge in [-0.15, -0.1) is 11.3 Å². The number of hydrogen-bond acceptors (Lipinski definition) is 4. The van der Waals surface area contributed by atoms with E-state index in [1.165, 1.54) is 7.11 Å². The van der Waals surface area contributed by atoms with E-state index in [9.17, 15) is 4.79 Å². The Labute approximate surface area is 115 Å². The number of hydrazone groups is 1. The molecule has 1 aromatic heterocycles. The van der Waals surface area contributed by atoms with Crippen molar-refractivity contribution in [3.63, 3.8) is 0 Å². The molecule has 0 saturated carbocycles. The molecule has 0 aliphatic heterocycles. The van der Waals surface area contributed by atoms with Crippen molar-refractivity contribution in [1.82, 2.24) is 5.43 Å². The number of carbonyl (C=O) groups is 1. The van der Waals surface area contributed by atoms with E-state index in [0.717, 1.165) is 10.4 Å². The first kappa shape index (κ1) is 13.3. The first-order chi connectivity index (χ1) is 9.22. The molecule has 0 radical (unpaired) electrons. The van der Waals surface area contributed by atoms with Crippen LogP contribution in [0.1, 0.15) is 20.8 Å². The highest BCUT2D eigenvalue weighted by Crippen LogP contribution is 2.17. The summed E-state index contributed by atoms with van der Waals surface area (Å²) in [6.07, 6.45) is 1.64. The molecule has 1 N–H and O–H groups in total. The number of carbonyl (C=O) groups excluding carboxylic acids is 1. The van der Waals surface area contributed by atoms with Crippen LogP contribution in [0.2, 0.25) is 0 Å². The Morgan fingerprint density at radius 3 is 2.84 bits per heavy atom. The average Bonchev–Trinajstić information content (AvgIpc) is 2.84. The van der Waals surface area contributed by atoms with E-state index in [4.69, 9.17) is 4.74 Å². The third-order valence-electron chi connectivity index (χ3n) is 2.62. The van der Waals surface area contributed by atoms with Crippen LogP contribution < -0.4 is 10.2 Å². The molecule has 4 nitrogen and oxygen atoms in total. The number of benzene rings is 1. The van der Waals surface area contributed by atoms with Crippen molar-refractivity contribution >= 4 is 23.5 Å². The Hall–Kier alpha value is -2.14. The van der Waals surface area contributed by atoms with Gasteiger partial charge in [0, 0.05) is 10.4 Å². The number of methoxy groups -OCH3 is 1. The second-order valence-electron chi connectivity index (χ2n) is 3.83. The molecule has 2 aromatic rings. The van der Waals surface area contributed by atoms with Gasteiger partial charge in [0.25, 0.3) is 5.91 Å². The zero-order valence-corrected chi connectivity index (χ0v) is 11.5. The fourth-order valence-electron chi connectivity index (χ4n) is 1.58. The number of nitrogens with one attached hydrogen (secondary N) is 1. The van der Waals surface area contributed by atoms with Gasteiger partial charge >= 0.3 is 0 Å². The first-order valence-electron chi connectivity index (χ1n) is 5.73. The van der Waals surface area contributed by atoms with Gasteiger partial charge in [-0.3, -0.25) is 4.79 Å². The molecule has 19 heavy (non-hydrogen) atoms. The summed E-state index contributed by atoms with van der Waals surface area (Å²) in [7, 11) is 1.53. The summed E-state index contributed by atoms with van der Waals surface area (Å²) in [6, 6.07) is 8.98. The molecule has 0 fully saturated rings. The monoisotopic (exact) mass is 274 g/mol. The molecule has 1 aromatic carbocycles. The highest BCUT2D eigenvalue weighted by molar-refractivity contribution is 7.10. The van der Waals surface area contributed by atoms with E-state index in [1.54, 1.807) is 35.8 Å². The lowest BCUT2D eigenvalue weighted by molar-refractivity contribution is 0.0952. The van der Waals surface area contributed by atoms with Crippen LogP contribution in [0, 0.1) is 6.92 Å². The normalized spacial score (nSPS) is 10.6. The van der Waals surface area contributed by atoms with E-state index < -0.39 is 0 Å². The minimum atomic E-state index is -0.290. The number of para-hydroxylation sites is 1. The van der Waals surface area contributed by atoms with Crippen molar-refractivity contribution in [3.05, 3.63) is 51.7 Å². The van der Waals surface area contributed by atoms with Crippen LogP contribution in [0.15, 0.2) is 40.8 Å². The van der Waals surface area contributed by atoms with Crippen molar-refractivity contribution in [1.29, 1.82) is 0 Å². The third-order valence-corrected chi connectivity index (χ3v) is 3.48. The number of nitrogens with zero attached hydrogens (tertiary/aromatic N) is 1. The van der Waals surface area contributed by atoms with Crippen molar-refractivity contribution in [3.8, 4) is 5.75 Å². The molecule has 1 heterocycles. The van der Waals surface area contributed by atoms with Gasteiger partial charge in [-0.2, -0.15) is 5.10 Å². The second-order valence-corrected chi connectivity index (χ2v) is 4.95. The maximum Gasteiger partial charge on any atom is 0.275 e. The van der Waals surface area contributed by atoms with Crippen molar-refractivity contribution < 1.29 is 9.53 Å². The highest BCUT2D eigenvalue weighted by Gasteiger charge is 2.09. The summed E-state index contributed by atoms with van der Waals surface area (Å²) < 4.78 is 5.13. The molecule has 0 aliphatic carbocycles. The van der Waals surface area contributed by atoms with Crippen LogP contribution in [0.3, 0.4) is 0 Å². The van der Waals surface area contributed by atoms with Crippen LogP contribution in [-0.4, -0.2) is 19.2 Å². The summed E-state index contributed by atoms with van der Waals surface area (Å²) in [6.45, 7) is 2.01. The highest BCUT2D eigenvalue weighted by atomic mass is 32.1. The number of ether oxygens (including phenoxy) is 1. The predicted octanol–water partition coefficient (Wildman–Crippen LogP) is 2.83. The van der Waals surface area contributed by atoms with Gasteiger partial charge in [0.2, 0.25) is 0 Å². The smallest absolute Gasteiger partial charge is 0.275 e. The molecule has 1 amide bonds. The fourth-order valence-corrected chi connectivity index (χ4v) is 2.26. The van der Waals surface area contributed by atoms with E-state index in [0.29, 0.717) is 11.3 Å². The Morgan fingerprint density at radius 1 is 1.37 bits per heavy atom. The zero-order chi connectivity index (χ0) is 13.7. The molecule has 0 saturated heterocycles. The molecule has 2 rings (SSSR count). The molecule has 5 heteroatoms. The quantitative estimate of drug-likeness (QED) is 0.688. The number of rotatable bonds is 4. The number of thiophene rings is 1. The SMILES string of the molecule is COc1ccccc1C(=O)N/N=C/c1ccsc1C. The molecular weight excluding hydrogens is 260 g/mol. The Kier molecular flexibility index (Phi) is 4.30. The van der Waals surface area contributed by atoms with Gasteiger partial charge < -0.3 is 4.74 Å². The maximum absolute atomic E-state index is 11.9. The van der Waals surface area contributed by atoms with Gasteiger partial charge in [0.05, 0.1) is 18.9 Å². The van der Waals surface area contributed by atoms with Gasteiger partial charge in [-0.1, -0.05) is 12.1 Å². The summed E-state index contributed by atoms with van der Waals surface area (Å²) in [5.74, 6) is 0.239. The molecule has 98 valence electrons. The summed E-state index contributed by atoms with van der Waals surface area (Å²) in [5.41, 5.74) is 3.96. The summed E-state index contributed by atoms with van der Waals surface area (Å²) in [5, 5.41) is 5.94. The summed E-state index contributed by atoms with van der Waals surface area (Å²) >= 11 is 1.64. The fraction of sp³-hybridized carbons (Fsp3) is 0.143. The summed E-state index contributed by atoms with van der Waals surface area (Å²) in [4.78, 5) is 13.1. The lowest BCUT2D eigenvalue weighted by Gasteiger charge is -2.05. The van der Waals surface area contributed by atoms with Crippen LogP contribution in [0.4, 0.5) is 0 Å². The van der Waals surface area contributed by atoms with E-state index in [-0.39, 0.29) is 5.91 Å². The minimum absolute atomic E-state index is 0.290. The maximum atomic E-state index is 11.9. The Balaban J connectivity index is 2.06. The third kappa shape index (κ3) is 3.20. The predicted molar refractivity (Wildman–Crippen MR) is 77.1 cm³/mol. The van der Waals surface area contributed by atoms with Crippen molar-refractivity contribution in [2.45, 2.75) is 6.92 Å². The van der Waals surface area contributed by atoms with E-state index in [1.807, 2.05) is 24.4 Å². The molecule has 0 bridgehead atoms. The molecule has 0 aliphatic rings. The molecule has 0 spiro atoms. The van der Waals surface area contributed by atoms with Gasteiger partial charge in [-0.05, 0) is 30.5 Å². The molecule has 0 atom stereocenters. The number of hydrogen-bond donors (Lipinski definition) is 1. The zero-order valence-electron chi connectivity index (χ0n) is 10.7. The van der Waals surface area contributed by atoms with Gasteiger partial charge in [0.15, 0.2) is 0 Å². The van der Waals surface area contributed by atoms with Crippen LogP contribution in [0.25, 0.3) is 0 Å². The van der Waals surface area contributed by atoms with Crippen molar-refractivity contribution in [2.75, 3.05) is 7.11 Å². The second kappa shape index (κ2) is 6.15. The minimum Gasteiger partial charge on any atom is -0.496 e. The van der Waals surface area contributed by atoms with Gasteiger partial charge in [0.1, 0.15) is 5.75 Å². The van der Waals surface area contributed by atoms with E-state index >= 15 is 0 Å². The van der Waals surface area contributed by atoms with E-state index in [2.05, 4.69) is 10.5 Å². The van der Waals surface area contributed by atoms with Gasteiger partial charge in [-0.25, -0.2) is 5.43 Å². The van der Waals surface area contributed by atoms with Crippen LogP contribution >= 0.6 is 11.3 Å². The van der Waals surface area contributed by atoms with Crippen LogP contribution in [0.5, 0.6) is 5.75 Å². The molecule has 0 unspecified atom stereocenters. The number of amides is 1. The van der Waals surface area contributed by atoms with Crippen molar-refractivity contribution in [2.24, 2.45) is 5.10 Å². The lowest BCUT2D eigenvalue weighted by Crippen LogP contribution is -2.18. The average molecular weight is 274 g/mol.